The Morgan fingerprint density at radius 2 is 1.81 bits per heavy atom. The Balaban J connectivity index is 1.74. The highest BCUT2D eigenvalue weighted by Crippen LogP contribution is 2.15. The molecule has 0 N–H and O–H groups in total. The normalized spacial score (nSPS) is 16.3. The van der Waals surface area contributed by atoms with Gasteiger partial charge in [0.2, 0.25) is 0 Å². The molecule has 0 spiro atoms. The average molecular weight is 364 g/mol. The van der Waals surface area contributed by atoms with Gasteiger partial charge in [-0.1, -0.05) is 12.1 Å². The van der Waals surface area contributed by atoms with E-state index in [1.807, 2.05) is 39.0 Å². The molecular weight excluding hydrogens is 334 g/mol. The SMILES string of the molecule is CO[N+](=O)c1cccc(CCN2CCN(CC(=O)OC(C)(C)C)CC2)c1. The lowest BCUT2D eigenvalue weighted by Crippen LogP contribution is -2.49. The van der Waals surface area contributed by atoms with E-state index in [0.717, 1.165) is 44.7 Å². The van der Waals surface area contributed by atoms with E-state index in [-0.39, 0.29) is 5.97 Å². The lowest BCUT2D eigenvalue weighted by molar-refractivity contribution is -0.736. The molecule has 0 radical (unpaired) electrons. The number of ether oxygens (including phenoxy) is 1. The molecule has 2 rings (SSSR count). The highest BCUT2D eigenvalue weighted by molar-refractivity contribution is 5.72. The maximum absolute atomic E-state index is 11.9. The van der Waals surface area contributed by atoms with E-state index in [1.54, 1.807) is 6.07 Å². The van der Waals surface area contributed by atoms with Crippen molar-refractivity contribution in [1.82, 2.24) is 9.80 Å². The predicted molar refractivity (Wildman–Crippen MR) is 99.2 cm³/mol. The lowest BCUT2D eigenvalue weighted by Gasteiger charge is -2.34. The molecule has 0 aliphatic carbocycles. The summed E-state index contributed by atoms with van der Waals surface area (Å²) in [6.07, 6.45) is 0.872. The van der Waals surface area contributed by atoms with E-state index in [2.05, 4.69) is 14.6 Å². The topological polar surface area (TPSA) is 62.1 Å². The minimum absolute atomic E-state index is 0.164. The largest absolute Gasteiger partial charge is 0.459 e. The van der Waals surface area contributed by atoms with Crippen LogP contribution in [0.5, 0.6) is 0 Å². The number of piperazine rings is 1. The molecule has 1 aliphatic rings. The molecule has 1 heterocycles. The molecule has 0 unspecified atom stereocenters. The zero-order valence-corrected chi connectivity index (χ0v) is 16.2. The molecule has 1 aliphatic heterocycles. The molecule has 26 heavy (non-hydrogen) atoms. The monoisotopic (exact) mass is 364 g/mol. The molecule has 1 aromatic carbocycles. The standard InChI is InChI=1S/C19H30N3O4/c1-19(2,3)26-18(23)15-21-12-10-20(11-13-21)9-8-16-6-5-7-17(14-16)22(24)25-4/h5-7,14H,8-13,15H2,1-4H3/q+1. The van der Waals surface area contributed by atoms with Gasteiger partial charge in [-0.05, 0) is 32.8 Å². The first-order chi connectivity index (χ1) is 12.3. The van der Waals surface area contributed by atoms with Crippen LogP contribution in [0.25, 0.3) is 0 Å². The first-order valence-electron chi connectivity index (χ1n) is 9.04. The van der Waals surface area contributed by atoms with Crippen molar-refractivity contribution in [2.75, 3.05) is 46.4 Å². The van der Waals surface area contributed by atoms with Gasteiger partial charge in [0.15, 0.2) is 7.11 Å². The van der Waals surface area contributed by atoms with E-state index in [4.69, 9.17) is 4.74 Å². The minimum Gasteiger partial charge on any atom is -0.459 e. The second-order valence-corrected chi connectivity index (χ2v) is 7.56. The highest BCUT2D eigenvalue weighted by Gasteiger charge is 2.22. The Morgan fingerprint density at radius 1 is 1.15 bits per heavy atom. The molecule has 0 atom stereocenters. The Morgan fingerprint density at radius 3 is 2.42 bits per heavy atom. The maximum atomic E-state index is 11.9. The summed E-state index contributed by atoms with van der Waals surface area (Å²) in [7, 11) is 1.36. The van der Waals surface area contributed by atoms with Crippen LogP contribution in [-0.4, -0.2) is 72.7 Å². The average Bonchev–Trinajstić information content (AvgIpc) is 2.59. The van der Waals surface area contributed by atoms with Crippen molar-refractivity contribution in [3.05, 3.63) is 34.7 Å². The second kappa shape index (κ2) is 9.09. The zero-order valence-electron chi connectivity index (χ0n) is 16.2. The molecule has 0 aromatic heterocycles. The summed E-state index contributed by atoms with van der Waals surface area (Å²) in [6, 6.07) is 7.48. The fourth-order valence-electron chi connectivity index (χ4n) is 2.95. The predicted octanol–water partition coefficient (Wildman–Crippen LogP) is 2.16. The molecule has 1 fully saturated rings. The third kappa shape index (κ3) is 6.72. The van der Waals surface area contributed by atoms with Crippen molar-refractivity contribution in [3.63, 3.8) is 0 Å². The van der Waals surface area contributed by atoms with E-state index in [9.17, 15) is 9.70 Å². The number of carbonyl (C=O) groups excluding carboxylic acids is 1. The third-order valence-electron chi connectivity index (χ3n) is 4.24. The Labute approximate surface area is 155 Å². The number of hydrogen-bond acceptors (Lipinski definition) is 6. The molecule has 1 aromatic rings. The number of benzene rings is 1. The minimum atomic E-state index is -0.435. The van der Waals surface area contributed by atoms with Crippen molar-refractivity contribution < 1.29 is 19.3 Å². The number of hydrogen-bond donors (Lipinski definition) is 0. The summed E-state index contributed by atoms with van der Waals surface area (Å²) in [5.74, 6) is -0.164. The van der Waals surface area contributed by atoms with Gasteiger partial charge < -0.3 is 9.64 Å². The van der Waals surface area contributed by atoms with Crippen LogP contribution >= 0.6 is 0 Å². The van der Waals surface area contributed by atoms with Gasteiger partial charge in [-0.3, -0.25) is 9.69 Å². The van der Waals surface area contributed by atoms with Gasteiger partial charge in [0, 0.05) is 44.9 Å². The fraction of sp³-hybridized carbons (Fsp3) is 0.632. The van der Waals surface area contributed by atoms with Gasteiger partial charge in [-0.2, -0.15) is 0 Å². The quantitative estimate of drug-likeness (QED) is 0.546. The summed E-state index contributed by atoms with van der Waals surface area (Å²) >= 11 is 0. The van der Waals surface area contributed by atoms with E-state index >= 15 is 0 Å². The number of rotatable bonds is 7. The summed E-state index contributed by atoms with van der Waals surface area (Å²) in [5.41, 5.74) is 1.18. The van der Waals surface area contributed by atoms with Crippen LogP contribution in [0.3, 0.4) is 0 Å². The van der Waals surface area contributed by atoms with Crippen LogP contribution in [-0.2, 0) is 20.8 Å². The molecule has 144 valence electrons. The van der Waals surface area contributed by atoms with Gasteiger partial charge in [-0.15, -0.1) is 0 Å². The molecule has 0 amide bonds. The van der Waals surface area contributed by atoms with Crippen LogP contribution in [0.15, 0.2) is 24.3 Å². The Bertz CT molecular complexity index is 619. The highest BCUT2D eigenvalue weighted by atomic mass is 16.8. The van der Waals surface area contributed by atoms with Crippen LogP contribution in [0.1, 0.15) is 26.3 Å². The number of nitrogens with zero attached hydrogens (tertiary/aromatic N) is 3. The maximum Gasteiger partial charge on any atom is 0.320 e. The van der Waals surface area contributed by atoms with Crippen LogP contribution < -0.4 is 0 Å². The van der Waals surface area contributed by atoms with Gasteiger partial charge in [0.1, 0.15) is 5.60 Å². The molecule has 0 saturated carbocycles. The van der Waals surface area contributed by atoms with Gasteiger partial charge in [0.05, 0.1) is 11.5 Å². The zero-order chi connectivity index (χ0) is 19.2. The molecule has 7 heteroatoms. The van der Waals surface area contributed by atoms with Crippen molar-refractivity contribution in [2.45, 2.75) is 32.8 Å². The molecule has 7 nitrogen and oxygen atoms in total. The van der Waals surface area contributed by atoms with Gasteiger partial charge in [0.25, 0.3) is 4.92 Å². The van der Waals surface area contributed by atoms with Crippen LogP contribution in [0, 0.1) is 4.91 Å². The summed E-state index contributed by atoms with van der Waals surface area (Å²) in [6.45, 7) is 10.5. The first-order valence-corrected chi connectivity index (χ1v) is 9.04. The van der Waals surface area contributed by atoms with Crippen LogP contribution in [0.2, 0.25) is 0 Å². The van der Waals surface area contributed by atoms with Gasteiger partial charge in [-0.25, -0.2) is 4.84 Å². The molecule has 0 bridgehead atoms. The van der Waals surface area contributed by atoms with E-state index < -0.39 is 5.60 Å². The summed E-state index contributed by atoms with van der Waals surface area (Å²) < 4.78 is 5.38. The van der Waals surface area contributed by atoms with Crippen molar-refractivity contribution in [1.29, 1.82) is 0 Å². The van der Waals surface area contributed by atoms with Crippen molar-refractivity contribution in [2.24, 2.45) is 0 Å². The smallest absolute Gasteiger partial charge is 0.320 e. The first kappa shape index (κ1) is 20.3. The van der Waals surface area contributed by atoms with Crippen LogP contribution in [0.4, 0.5) is 5.69 Å². The Hall–Kier alpha value is -1.99. The summed E-state index contributed by atoms with van der Waals surface area (Å²) in [4.78, 5) is 33.1. The van der Waals surface area contributed by atoms with Crippen molar-refractivity contribution in [3.8, 4) is 0 Å². The summed E-state index contributed by atoms with van der Waals surface area (Å²) in [5, 5.41) is 0. The third-order valence-corrected chi connectivity index (χ3v) is 4.24. The molecule has 1 saturated heterocycles. The second-order valence-electron chi connectivity index (χ2n) is 7.56. The van der Waals surface area contributed by atoms with Gasteiger partial charge >= 0.3 is 11.7 Å². The molecular formula is C19H30N3O4+. The van der Waals surface area contributed by atoms with E-state index in [1.165, 1.54) is 7.11 Å². The van der Waals surface area contributed by atoms with E-state index in [0.29, 0.717) is 17.2 Å². The lowest BCUT2D eigenvalue weighted by atomic mass is 10.1. The number of carbonyl (C=O) groups is 1. The number of esters is 1. The Kier molecular flexibility index (Phi) is 7.11. The van der Waals surface area contributed by atoms with Crippen molar-refractivity contribution >= 4 is 11.7 Å². The fourth-order valence-corrected chi connectivity index (χ4v) is 2.95.